The average Bonchev–Trinajstić information content (AvgIpc) is 2.99. The highest BCUT2D eigenvalue weighted by Crippen LogP contribution is 2.32. The summed E-state index contributed by atoms with van der Waals surface area (Å²) in [5.74, 6) is 0.867. The van der Waals surface area contributed by atoms with Crippen molar-refractivity contribution in [3.8, 4) is 11.7 Å². The number of aromatic hydroxyl groups is 1. The molecule has 0 amide bonds. The predicted octanol–water partition coefficient (Wildman–Crippen LogP) is 2.36. The summed E-state index contributed by atoms with van der Waals surface area (Å²) in [6, 6.07) is 10.1. The first-order chi connectivity index (χ1) is 12.2. The molecular weight excluding hydrogens is 314 g/mol. The van der Waals surface area contributed by atoms with Gasteiger partial charge in [-0.1, -0.05) is 6.07 Å². The molecule has 0 aliphatic heterocycles. The Morgan fingerprint density at radius 3 is 2.80 bits per heavy atom. The number of pyridine rings is 2. The quantitative estimate of drug-likeness (QED) is 0.793. The van der Waals surface area contributed by atoms with Crippen LogP contribution in [-0.2, 0) is 19.4 Å². The Bertz CT molecular complexity index is 847. The minimum atomic E-state index is 0.218. The van der Waals surface area contributed by atoms with Gasteiger partial charge in [0.2, 0.25) is 5.88 Å². The SMILES string of the molecule is CN(Cc1ccncc1)C1CCc2nn(-c3ccccn3)c(O)c2C1. The highest BCUT2D eigenvalue weighted by molar-refractivity contribution is 5.39. The highest BCUT2D eigenvalue weighted by Gasteiger charge is 2.28. The van der Waals surface area contributed by atoms with E-state index in [4.69, 9.17) is 0 Å². The molecule has 3 aromatic rings. The average molecular weight is 335 g/mol. The smallest absolute Gasteiger partial charge is 0.219 e. The van der Waals surface area contributed by atoms with Gasteiger partial charge in [0.1, 0.15) is 0 Å². The molecule has 0 bridgehead atoms. The molecule has 0 spiro atoms. The van der Waals surface area contributed by atoms with Crippen molar-refractivity contribution in [1.82, 2.24) is 24.6 Å². The third-order valence-electron chi connectivity index (χ3n) is 4.86. The van der Waals surface area contributed by atoms with Crippen molar-refractivity contribution in [2.75, 3.05) is 7.05 Å². The van der Waals surface area contributed by atoms with E-state index >= 15 is 0 Å². The van der Waals surface area contributed by atoms with E-state index in [0.717, 1.165) is 37.1 Å². The van der Waals surface area contributed by atoms with Crippen LogP contribution in [0.25, 0.3) is 5.82 Å². The summed E-state index contributed by atoms with van der Waals surface area (Å²) in [6.07, 6.45) is 8.06. The Morgan fingerprint density at radius 2 is 2.04 bits per heavy atom. The fraction of sp³-hybridized carbons (Fsp3) is 0.316. The first-order valence-corrected chi connectivity index (χ1v) is 8.52. The number of hydrogen-bond donors (Lipinski definition) is 1. The van der Waals surface area contributed by atoms with Gasteiger partial charge < -0.3 is 5.11 Å². The summed E-state index contributed by atoms with van der Waals surface area (Å²) in [6.45, 7) is 0.873. The Balaban J connectivity index is 1.54. The molecule has 4 rings (SSSR count). The van der Waals surface area contributed by atoms with Crippen LogP contribution in [0.2, 0.25) is 0 Å². The molecule has 1 unspecified atom stereocenters. The van der Waals surface area contributed by atoms with Crippen LogP contribution in [0.3, 0.4) is 0 Å². The van der Waals surface area contributed by atoms with E-state index in [2.05, 4.69) is 27.0 Å². The summed E-state index contributed by atoms with van der Waals surface area (Å²) >= 11 is 0. The second kappa shape index (κ2) is 6.64. The van der Waals surface area contributed by atoms with E-state index < -0.39 is 0 Å². The molecule has 6 heteroatoms. The number of nitrogens with zero attached hydrogens (tertiary/aromatic N) is 5. The maximum Gasteiger partial charge on any atom is 0.219 e. The molecule has 1 aliphatic carbocycles. The number of fused-ring (bicyclic) bond motifs is 1. The van der Waals surface area contributed by atoms with Crippen molar-refractivity contribution in [2.45, 2.75) is 31.8 Å². The standard InChI is InChI=1S/C19H21N5O/c1-23(13-14-7-10-20-11-8-14)15-5-6-17-16(12-15)19(25)24(22-17)18-4-2-3-9-21-18/h2-4,7-11,15,25H,5-6,12-13H2,1H3. The van der Waals surface area contributed by atoms with Crippen LogP contribution in [0, 0.1) is 0 Å². The van der Waals surface area contributed by atoms with Gasteiger partial charge >= 0.3 is 0 Å². The van der Waals surface area contributed by atoms with Gasteiger partial charge in [-0.25, -0.2) is 4.98 Å². The van der Waals surface area contributed by atoms with Gasteiger partial charge in [0.15, 0.2) is 5.82 Å². The fourth-order valence-electron chi connectivity index (χ4n) is 3.46. The second-order valence-electron chi connectivity index (χ2n) is 6.52. The molecule has 1 atom stereocenters. The monoisotopic (exact) mass is 335 g/mol. The van der Waals surface area contributed by atoms with Gasteiger partial charge in [0.25, 0.3) is 0 Å². The molecule has 3 heterocycles. The van der Waals surface area contributed by atoms with E-state index in [1.807, 2.05) is 42.7 Å². The van der Waals surface area contributed by atoms with E-state index in [1.54, 1.807) is 10.9 Å². The fourth-order valence-corrected chi connectivity index (χ4v) is 3.46. The van der Waals surface area contributed by atoms with E-state index in [1.165, 1.54) is 5.56 Å². The first kappa shape index (κ1) is 15.8. The highest BCUT2D eigenvalue weighted by atomic mass is 16.3. The molecule has 6 nitrogen and oxygen atoms in total. The van der Waals surface area contributed by atoms with Gasteiger partial charge in [-0.05, 0) is 56.1 Å². The van der Waals surface area contributed by atoms with Crippen molar-refractivity contribution in [1.29, 1.82) is 0 Å². The lowest BCUT2D eigenvalue weighted by Crippen LogP contribution is -2.35. The van der Waals surface area contributed by atoms with Crippen molar-refractivity contribution in [2.24, 2.45) is 0 Å². The summed E-state index contributed by atoms with van der Waals surface area (Å²) < 4.78 is 1.55. The number of hydrogen-bond acceptors (Lipinski definition) is 5. The summed E-state index contributed by atoms with van der Waals surface area (Å²) in [7, 11) is 2.14. The number of aromatic nitrogens is 4. The molecule has 1 aliphatic rings. The molecule has 0 saturated heterocycles. The topological polar surface area (TPSA) is 67.1 Å². The van der Waals surface area contributed by atoms with Crippen LogP contribution in [0.4, 0.5) is 0 Å². The minimum Gasteiger partial charge on any atom is -0.493 e. The van der Waals surface area contributed by atoms with Crippen molar-refractivity contribution in [3.63, 3.8) is 0 Å². The minimum absolute atomic E-state index is 0.218. The van der Waals surface area contributed by atoms with Crippen LogP contribution in [0.5, 0.6) is 5.88 Å². The zero-order chi connectivity index (χ0) is 17.2. The lowest BCUT2D eigenvalue weighted by Gasteiger charge is -2.30. The summed E-state index contributed by atoms with van der Waals surface area (Å²) in [4.78, 5) is 10.7. The molecule has 25 heavy (non-hydrogen) atoms. The van der Waals surface area contributed by atoms with E-state index in [-0.39, 0.29) is 5.88 Å². The largest absolute Gasteiger partial charge is 0.493 e. The van der Waals surface area contributed by atoms with Crippen molar-refractivity contribution >= 4 is 0 Å². The molecule has 0 fully saturated rings. The zero-order valence-electron chi connectivity index (χ0n) is 14.2. The maximum absolute atomic E-state index is 10.7. The number of rotatable bonds is 4. The van der Waals surface area contributed by atoms with Crippen LogP contribution >= 0.6 is 0 Å². The molecule has 0 radical (unpaired) electrons. The molecule has 0 saturated carbocycles. The van der Waals surface area contributed by atoms with Crippen LogP contribution in [-0.4, -0.2) is 42.8 Å². The summed E-state index contributed by atoms with van der Waals surface area (Å²) in [5, 5.41) is 15.2. The Labute approximate surface area is 146 Å². The van der Waals surface area contributed by atoms with Gasteiger partial charge in [-0.3, -0.25) is 9.88 Å². The van der Waals surface area contributed by atoms with Gasteiger partial charge in [0, 0.05) is 36.7 Å². The van der Waals surface area contributed by atoms with Gasteiger partial charge in [0.05, 0.1) is 5.69 Å². The van der Waals surface area contributed by atoms with Crippen molar-refractivity contribution in [3.05, 3.63) is 65.7 Å². The van der Waals surface area contributed by atoms with Crippen LogP contribution in [0.1, 0.15) is 23.2 Å². The van der Waals surface area contributed by atoms with E-state index in [9.17, 15) is 5.11 Å². The summed E-state index contributed by atoms with van der Waals surface area (Å²) in [5.41, 5.74) is 3.18. The van der Waals surface area contributed by atoms with Gasteiger partial charge in [-0.15, -0.1) is 0 Å². The number of aryl methyl sites for hydroxylation is 1. The molecule has 128 valence electrons. The normalized spacial score (nSPS) is 16.8. The number of likely N-dealkylation sites (N-methyl/N-ethyl adjacent to an activating group) is 1. The Morgan fingerprint density at radius 1 is 1.20 bits per heavy atom. The Kier molecular flexibility index (Phi) is 4.19. The van der Waals surface area contributed by atoms with Crippen LogP contribution < -0.4 is 0 Å². The molecule has 0 aromatic carbocycles. The Hall–Kier alpha value is -2.73. The van der Waals surface area contributed by atoms with Gasteiger partial charge in [-0.2, -0.15) is 9.78 Å². The molecular formula is C19H21N5O. The molecule has 1 N–H and O–H groups in total. The molecule has 3 aromatic heterocycles. The first-order valence-electron chi connectivity index (χ1n) is 8.52. The second-order valence-corrected chi connectivity index (χ2v) is 6.52. The lowest BCUT2D eigenvalue weighted by atomic mass is 9.92. The maximum atomic E-state index is 10.7. The third-order valence-corrected chi connectivity index (χ3v) is 4.86. The third kappa shape index (κ3) is 3.13. The van der Waals surface area contributed by atoms with Crippen LogP contribution in [0.15, 0.2) is 48.9 Å². The predicted molar refractivity (Wildman–Crippen MR) is 94.5 cm³/mol. The lowest BCUT2D eigenvalue weighted by molar-refractivity contribution is 0.212. The zero-order valence-corrected chi connectivity index (χ0v) is 14.2. The van der Waals surface area contributed by atoms with Crippen molar-refractivity contribution < 1.29 is 5.11 Å². The van der Waals surface area contributed by atoms with E-state index in [0.29, 0.717) is 11.9 Å².